The van der Waals surface area contributed by atoms with Crippen LogP contribution in [0, 0.1) is 6.92 Å². The molecule has 1 saturated carbocycles. The van der Waals surface area contributed by atoms with Gasteiger partial charge in [0.15, 0.2) is 0 Å². The van der Waals surface area contributed by atoms with E-state index in [2.05, 4.69) is 31.2 Å². The van der Waals surface area contributed by atoms with Gasteiger partial charge in [-0.15, -0.1) is 0 Å². The fraction of sp³-hybridized carbons (Fsp3) is 0.619. The zero-order chi connectivity index (χ0) is 18.1. The van der Waals surface area contributed by atoms with Crippen LogP contribution in [0.15, 0.2) is 24.3 Å². The summed E-state index contributed by atoms with van der Waals surface area (Å²) in [5.74, 6) is -0.0821. The standard InChI is InChI=1S/C21H31NO3/c1-17-9-11-18(12-10-17)13-14-20(23)22(16-15-21(24)25-2)19-7-5-3-4-6-8-19/h9-12,19H,3-8,13-16H2,1-2H3. The Kier molecular flexibility index (Phi) is 7.96. The van der Waals surface area contributed by atoms with Crippen molar-refractivity contribution in [3.8, 4) is 0 Å². The number of benzene rings is 1. The van der Waals surface area contributed by atoms with Crippen molar-refractivity contribution in [1.29, 1.82) is 0 Å². The first kappa shape index (κ1) is 19.5. The molecule has 0 saturated heterocycles. The molecule has 1 aliphatic rings. The molecule has 0 heterocycles. The lowest BCUT2D eigenvalue weighted by Crippen LogP contribution is -2.41. The lowest BCUT2D eigenvalue weighted by atomic mass is 10.0. The largest absolute Gasteiger partial charge is 0.469 e. The van der Waals surface area contributed by atoms with Crippen LogP contribution in [0.3, 0.4) is 0 Å². The van der Waals surface area contributed by atoms with Gasteiger partial charge in [0, 0.05) is 19.0 Å². The molecule has 1 aliphatic carbocycles. The number of nitrogens with zero attached hydrogens (tertiary/aromatic N) is 1. The van der Waals surface area contributed by atoms with Gasteiger partial charge < -0.3 is 9.64 Å². The molecule has 4 heteroatoms. The first-order chi connectivity index (χ1) is 12.1. The highest BCUT2D eigenvalue weighted by Gasteiger charge is 2.25. The van der Waals surface area contributed by atoms with Crippen molar-refractivity contribution in [2.24, 2.45) is 0 Å². The highest BCUT2D eigenvalue weighted by Crippen LogP contribution is 2.23. The quantitative estimate of drug-likeness (QED) is 0.553. The monoisotopic (exact) mass is 345 g/mol. The minimum atomic E-state index is -0.245. The molecule has 1 amide bonds. The van der Waals surface area contributed by atoms with Crippen LogP contribution < -0.4 is 0 Å². The summed E-state index contributed by atoms with van der Waals surface area (Å²) in [5.41, 5.74) is 2.42. The van der Waals surface area contributed by atoms with Gasteiger partial charge in [0.1, 0.15) is 0 Å². The van der Waals surface area contributed by atoms with Crippen molar-refractivity contribution in [3.05, 3.63) is 35.4 Å². The van der Waals surface area contributed by atoms with E-state index in [1.54, 1.807) is 0 Å². The average Bonchev–Trinajstić information content (AvgIpc) is 2.90. The topological polar surface area (TPSA) is 46.6 Å². The number of aryl methyl sites for hydroxylation is 2. The molecule has 0 unspecified atom stereocenters. The van der Waals surface area contributed by atoms with Crippen molar-refractivity contribution < 1.29 is 14.3 Å². The van der Waals surface area contributed by atoms with Gasteiger partial charge in [0.25, 0.3) is 0 Å². The molecule has 138 valence electrons. The summed E-state index contributed by atoms with van der Waals surface area (Å²) in [6, 6.07) is 8.62. The molecule has 0 atom stereocenters. The molecule has 1 fully saturated rings. The SMILES string of the molecule is COC(=O)CCN(C(=O)CCc1ccc(C)cc1)C1CCCCCC1. The number of methoxy groups -OCH3 is 1. The Morgan fingerprint density at radius 3 is 2.28 bits per heavy atom. The lowest BCUT2D eigenvalue weighted by molar-refractivity contribution is -0.142. The van der Waals surface area contributed by atoms with E-state index in [0.717, 1.165) is 19.3 Å². The second-order valence-corrected chi connectivity index (χ2v) is 7.04. The molecule has 0 bridgehead atoms. The van der Waals surface area contributed by atoms with Gasteiger partial charge in [-0.1, -0.05) is 55.5 Å². The Morgan fingerprint density at radius 1 is 1.04 bits per heavy atom. The molecule has 1 aromatic carbocycles. The molecule has 0 spiro atoms. The Morgan fingerprint density at radius 2 is 1.68 bits per heavy atom. The molecular weight excluding hydrogens is 314 g/mol. The van der Waals surface area contributed by atoms with E-state index >= 15 is 0 Å². The van der Waals surface area contributed by atoms with E-state index in [9.17, 15) is 9.59 Å². The minimum Gasteiger partial charge on any atom is -0.469 e. The molecule has 4 nitrogen and oxygen atoms in total. The fourth-order valence-electron chi connectivity index (χ4n) is 3.54. The molecule has 0 aliphatic heterocycles. The number of hydrogen-bond donors (Lipinski definition) is 0. The maximum atomic E-state index is 12.9. The third-order valence-electron chi connectivity index (χ3n) is 5.12. The van der Waals surface area contributed by atoms with Crippen LogP contribution in [-0.4, -0.2) is 36.5 Å². The number of hydrogen-bond acceptors (Lipinski definition) is 3. The van der Waals surface area contributed by atoms with Crippen LogP contribution in [-0.2, 0) is 20.7 Å². The Labute approximate surface area is 151 Å². The van der Waals surface area contributed by atoms with Crippen LogP contribution in [0.1, 0.15) is 62.5 Å². The van der Waals surface area contributed by atoms with Gasteiger partial charge in [0.05, 0.1) is 13.5 Å². The minimum absolute atomic E-state index is 0.163. The highest BCUT2D eigenvalue weighted by atomic mass is 16.5. The fourth-order valence-corrected chi connectivity index (χ4v) is 3.54. The summed E-state index contributed by atoms with van der Waals surface area (Å²) in [5, 5.41) is 0. The third-order valence-corrected chi connectivity index (χ3v) is 5.12. The van der Waals surface area contributed by atoms with Gasteiger partial charge in [-0.2, -0.15) is 0 Å². The summed E-state index contributed by atoms with van der Waals surface area (Å²) in [7, 11) is 1.40. The molecule has 0 radical (unpaired) electrons. The number of esters is 1. The molecular formula is C21H31NO3. The summed E-state index contributed by atoms with van der Waals surface area (Å²) in [4.78, 5) is 26.4. The van der Waals surface area contributed by atoms with Gasteiger partial charge in [-0.05, 0) is 31.7 Å². The summed E-state index contributed by atoms with van der Waals surface area (Å²) in [6.07, 6.45) is 8.48. The van der Waals surface area contributed by atoms with Crippen molar-refractivity contribution in [1.82, 2.24) is 4.90 Å². The molecule has 25 heavy (non-hydrogen) atoms. The van der Waals surface area contributed by atoms with Crippen molar-refractivity contribution in [2.75, 3.05) is 13.7 Å². The van der Waals surface area contributed by atoms with Crippen LogP contribution >= 0.6 is 0 Å². The van der Waals surface area contributed by atoms with Crippen LogP contribution in [0.5, 0.6) is 0 Å². The molecule has 0 aromatic heterocycles. The van der Waals surface area contributed by atoms with Gasteiger partial charge >= 0.3 is 5.97 Å². The van der Waals surface area contributed by atoms with Crippen molar-refractivity contribution >= 4 is 11.9 Å². The zero-order valence-corrected chi connectivity index (χ0v) is 15.6. The van der Waals surface area contributed by atoms with E-state index in [1.165, 1.54) is 43.9 Å². The highest BCUT2D eigenvalue weighted by molar-refractivity contribution is 5.78. The van der Waals surface area contributed by atoms with Crippen LogP contribution in [0.4, 0.5) is 0 Å². The number of ether oxygens (including phenoxy) is 1. The number of carbonyl (C=O) groups excluding carboxylic acids is 2. The summed E-state index contributed by atoms with van der Waals surface area (Å²) in [6.45, 7) is 2.54. The smallest absolute Gasteiger partial charge is 0.307 e. The zero-order valence-electron chi connectivity index (χ0n) is 15.6. The maximum Gasteiger partial charge on any atom is 0.307 e. The Hall–Kier alpha value is -1.84. The van der Waals surface area contributed by atoms with E-state index in [1.807, 2.05) is 4.90 Å². The maximum absolute atomic E-state index is 12.9. The van der Waals surface area contributed by atoms with E-state index in [0.29, 0.717) is 13.0 Å². The van der Waals surface area contributed by atoms with Gasteiger partial charge in [-0.25, -0.2) is 0 Å². The predicted molar refractivity (Wildman–Crippen MR) is 99.3 cm³/mol. The van der Waals surface area contributed by atoms with Crippen molar-refractivity contribution in [2.45, 2.75) is 70.8 Å². The number of rotatable bonds is 7. The Balaban J connectivity index is 1.97. The van der Waals surface area contributed by atoms with E-state index < -0.39 is 0 Å². The normalized spacial score (nSPS) is 15.4. The predicted octanol–water partition coefficient (Wildman–Crippen LogP) is 4.04. The molecule has 1 aromatic rings. The van der Waals surface area contributed by atoms with Crippen molar-refractivity contribution in [3.63, 3.8) is 0 Å². The Bertz CT molecular complexity index is 545. The molecule has 0 N–H and O–H groups in total. The lowest BCUT2D eigenvalue weighted by Gasteiger charge is -2.31. The summed E-state index contributed by atoms with van der Waals surface area (Å²) < 4.78 is 4.76. The van der Waals surface area contributed by atoms with Crippen LogP contribution in [0.25, 0.3) is 0 Å². The second-order valence-electron chi connectivity index (χ2n) is 7.04. The first-order valence-electron chi connectivity index (χ1n) is 9.52. The summed E-state index contributed by atoms with van der Waals surface area (Å²) >= 11 is 0. The second kappa shape index (κ2) is 10.2. The van der Waals surface area contributed by atoms with E-state index in [-0.39, 0.29) is 24.3 Å². The first-order valence-corrected chi connectivity index (χ1v) is 9.52. The molecule has 2 rings (SSSR count). The average molecular weight is 345 g/mol. The number of carbonyl (C=O) groups is 2. The van der Waals surface area contributed by atoms with Crippen LogP contribution in [0.2, 0.25) is 0 Å². The van der Waals surface area contributed by atoms with Gasteiger partial charge in [-0.3, -0.25) is 9.59 Å². The van der Waals surface area contributed by atoms with Gasteiger partial charge in [0.2, 0.25) is 5.91 Å². The third kappa shape index (κ3) is 6.52. The van der Waals surface area contributed by atoms with E-state index in [4.69, 9.17) is 4.74 Å². The number of amides is 1.